The molecule has 0 saturated carbocycles. The lowest BCUT2D eigenvalue weighted by molar-refractivity contribution is 0.148. The molecule has 0 heterocycles. The van der Waals surface area contributed by atoms with Crippen LogP contribution in [-0.2, 0) is 4.74 Å². The Kier molecular flexibility index (Phi) is 9.98. The van der Waals surface area contributed by atoms with Crippen molar-refractivity contribution in [2.75, 3.05) is 26.9 Å². The van der Waals surface area contributed by atoms with E-state index in [1.807, 2.05) is 0 Å². The van der Waals surface area contributed by atoms with Gasteiger partial charge in [0.05, 0.1) is 12.7 Å². The van der Waals surface area contributed by atoms with Crippen molar-refractivity contribution < 1.29 is 9.84 Å². The molecule has 0 rings (SSSR count). The zero-order valence-electron chi connectivity index (χ0n) is 8.83. The quantitative estimate of drug-likeness (QED) is 0.537. The predicted octanol–water partition coefficient (Wildman–Crippen LogP) is 0.667. The van der Waals surface area contributed by atoms with Crippen molar-refractivity contribution in [3.05, 3.63) is 0 Å². The summed E-state index contributed by atoms with van der Waals surface area (Å²) in [4.78, 5) is 0. The molecule has 1 atom stereocenters. The van der Waals surface area contributed by atoms with Gasteiger partial charge in [-0.25, -0.2) is 0 Å². The first-order valence-corrected chi connectivity index (χ1v) is 5.05. The Hall–Kier alpha value is -0.630. The molecule has 0 aromatic rings. The van der Waals surface area contributed by atoms with Crippen LogP contribution in [0.3, 0.4) is 0 Å². The van der Waals surface area contributed by atoms with E-state index in [0.717, 1.165) is 19.4 Å². The van der Waals surface area contributed by atoms with Gasteiger partial charge in [0.2, 0.25) is 0 Å². The molecule has 82 valence electrons. The van der Waals surface area contributed by atoms with E-state index in [2.05, 4.69) is 11.4 Å². The number of aliphatic hydroxyl groups excluding tert-OH is 1. The molecule has 0 amide bonds. The van der Waals surface area contributed by atoms with Crippen LogP contribution in [-0.4, -0.2) is 38.0 Å². The standard InChI is InChI=1S/C10H20N2O2/c1-14-9-10(5-8-13)12-7-4-2-3-6-11/h10,12-13H,2-5,7-9H2,1H3. The normalized spacial score (nSPS) is 12.4. The Morgan fingerprint density at radius 2 is 2.29 bits per heavy atom. The minimum absolute atomic E-state index is 0.180. The number of nitrogens with one attached hydrogen (secondary N) is 1. The van der Waals surface area contributed by atoms with Gasteiger partial charge in [0.25, 0.3) is 0 Å². The summed E-state index contributed by atoms with van der Waals surface area (Å²) in [5, 5.41) is 20.4. The van der Waals surface area contributed by atoms with Crippen molar-refractivity contribution in [3.63, 3.8) is 0 Å². The van der Waals surface area contributed by atoms with Crippen LogP contribution in [0, 0.1) is 11.3 Å². The monoisotopic (exact) mass is 200 g/mol. The molecule has 14 heavy (non-hydrogen) atoms. The first kappa shape index (κ1) is 13.4. The maximum atomic E-state index is 8.77. The van der Waals surface area contributed by atoms with E-state index >= 15 is 0 Å². The van der Waals surface area contributed by atoms with Gasteiger partial charge < -0.3 is 15.2 Å². The molecule has 0 saturated heterocycles. The second kappa shape index (κ2) is 10.5. The number of ether oxygens (including phenoxy) is 1. The van der Waals surface area contributed by atoms with Gasteiger partial charge >= 0.3 is 0 Å². The Morgan fingerprint density at radius 1 is 1.50 bits per heavy atom. The number of unbranched alkanes of at least 4 members (excludes halogenated alkanes) is 2. The molecule has 1 unspecified atom stereocenters. The minimum atomic E-state index is 0.180. The lowest BCUT2D eigenvalue weighted by Crippen LogP contribution is -2.34. The Bertz CT molecular complexity index is 151. The minimum Gasteiger partial charge on any atom is -0.396 e. The number of hydrogen-bond acceptors (Lipinski definition) is 4. The smallest absolute Gasteiger partial charge is 0.0621 e. The van der Waals surface area contributed by atoms with Crippen LogP contribution in [0.15, 0.2) is 0 Å². The van der Waals surface area contributed by atoms with Gasteiger partial charge in [-0.2, -0.15) is 5.26 Å². The third-order valence-corrected chi connectivity index (χ3v) is 1.99. The number of methoxy groups -OCH3 is 1. The SMILES string of the molecule is COCC(CCO)NCCCCC#N. The maximum Gasteiger partial charge on any atom is 0.0621 e. The van der Waals surface area contributed by atoms with Crippen LogP contribution in [0.1, 0.15) is 25.7 Å². The van der Waals surface area contributed by atoms with E-state index in [4.69, 9.17) is 15.1 Å². The summed E-state index contributed by atoms with van der Waals surface area (Å²) in [6, 6.07) is 2.34. The molecule has 0 bridgehead atoms. The highest BCUT2D eigenvalue weighted by molar-refractivity contribution is 4.70. The first-order chi connectivity index (χ1) is 6.85. The lowest BCUT2D eigenvalue weighted by atomic mass is 10.2. The summed E-state index contributed by atoms with van der Waals surface area (Å²) < 4.78 is 5.01. The average molecular weight is 200 g/mol. The molecule has 0 radical (unpaired) electrons. The van der Waals surface area contributed by atoms with Crippen molar-refractivity contribution >= 4 is 0 Å². The lowest BCUT2D eigenvalue weighted by Gasteiger charge is -2.16. The summed E-state index contributed by atoms with van der Waals surface area (Å²) in [7, 11) is 1.65. The molecule has 0 aromatic heterocycles. The van der Waals surface area contributed by atoms with Gasteiger partial charge in [-0.3, -0.25) is 0 Å². The van der Waals surface area contributed by atoms with Crippen molar-refractivity contribution in [3.8, 4) is 6.07 Å². The molecule has 0 spiro atoms. The van der Waals surface area contributed by atoms with E-state index in [1.165, 1.54) is 0 Å². The van der Waals surface area contributed by atoms with Crippen molar-refractivity contribution in [2.45, 2.75) is 31.7 Å². The van der Waals surface area contributed by atoms with Gasteiger partial charge in [0, 0.05) is 26.2 Å². The zero-order chi connectivity index (χ0) is 10.6. The number of nitriles is 1. The third kappa shape index (κ3) is 7.99. The Balaban J connectivity index is 3.36. The maximum absolute atomic E-state index is 8.77. The van der Waals surface area contributed by atoms with Crippen molar-refractivity contribution in [1.82, 2.24) is 5.32 Å². The molecular weight excluding hydrogens is 180 g/mol. The van der Waals surface area contributed by atoms with E-state index in [9.17, 15) is 0 Å². The molecule has 2 N–H and O–H groups in total. The molecule has 4 heteroatoms. The van der Waals surface area contributed by atoms with Crippen LogP contribution in [0.25, 0.3) is 0 Å². The van der Waals surface area contributed by atoms with Gasteiger partial charge in [-0.1, -0.05) is 0 Å². The average Bonchev–Trinajstić information content (AvgIpc) is 2.18. The van der Waals surface area contributed by atoms with E-state index in [-0.39, 0.29) is 12.6 Å². The molecular formula is C10H20N2O2. The van der Waals surface area contributed by atoms with Gasteiger partial charge in [-0.15, -0.1) is 0 Å². The number of rotatable bonds is 9. The number of aliphatic hydroxyl groups is 1. The molecule has 0 aromatic carbocycles. The largest absolute Gasteiger partial charge is 0.396 e. The Morgan fingerprint density at radius 3 is 2.86 bits per heavy atom. The molecule has 0 aliphatic carbocycles. The number of nitrogens with zero attached hydrogens (tertiary/aromatic N) is 1. The third-order valence-electron chi connectivity index (χ3n) is 1.99. The summed E-state index contributed by atoms with van der Waals surface area (Å²) in [5.41, 5.74) is 0. The zero-order valence-corrected chi connectivity index (χ0v) is 8.83. The fourth-order valence-corrected chi connectivity index (χ4v) is 1.24. The molecule has 0 fully saturated rings. The summed E-state index contributed by atoms with van der Waals surface area (Å²) >= 11 is 0. The van der Waals surface area contributed by atoms with Crippen LogP contribution in [0.5, 0.6) is 0 Å². The van der Waals surface area contributed by atoms with E-state index < -0.39 is 0 Å². The highest BCUT2D eigenvalue weighted by atomic mass is 16.5. The summed E-state index contributed by atoms with van der Waals surface area (Å²) in [6.45, 7) is 1.69. The topological polar surface area (TPSA) is 65.3 Å². The van der Waals surface area contributed by atoms with E-state index in [0.29, 0.717) is 19.4 Å². The van der Waals surface area contributed by atoms with Crippen LogP contribution in [0.2, 0.25) is 0 Å². The molecule has 4 nitrogen and oxygen atoms in total. The first-order valence-electron chi connectivity index (χ1n) is 5.05. The highest BCUT2D eigenvalue weighted by Gasteiger charge is 2.05. The fraction of sp³-hybridized carbons (Fsp3) is 0.900. The van der Waals surface area contributed by atoms with Gasteiger partial charge in [0.1, 0.15) is 0 Å². The summed E-state index contributed by atoms with van der Waals surface area (Å²) in [5.74, 6) is 0. The van der Waals surface area contributed by atoms with Crippen LogP contribution >= 0.6 is 0 Å². The van der Waals surface area contributed by atoms with Crippen LogP contribution < -0.4 is 5.32 Å². The predicted molar refractivity (Wildman–Crippen MR) is 54.8 cm³/mol. The second-order valence-corrected chi connectivity index (χ2v) is 3.23. The summed E-state index contributed by atoms with van der Waals surface area (Å²) in [6.07, 6.45) is 3.27. The van der Waals surface area contributed by atoms with Crippen LogP contribution in [0.4, 0.5) is 0 Å². The van der Waals surface area contributed by atoms with Gasteiger partial charge in [0.15, 0.2) is 0 Å². The fourth-order valence-electron chi connectivity index (χ4n) is 1.24. The second-order valence-electron chi connectivity index (χ2n) is 3.23. The van der Waals surface area contributed by atoms with E-state index in [1.54, 1.807) is 7.11 Å². The van der Waals surface area contributed by atoms with Gasteiger partial charge in [-0.05, 0) is 25.8 Å². The van der Waals surface area contributed by atoms with Crippen molar-refractivity contribution in [2.24, 2.45) is 0 Å². The Labute approximate surface area is 85.9 Å². The highest BCUT2D eigenvalue weighted by Crippen LogP contribution is 1.95. The molecule has 0 aliphatic rings. The number of hydrogen-bond donors (Lipinski definition) is 2. The van der Waals surface area contributed by atoms with Crippen molar-refractivity contribution in [1.29, 1.82) is 5.26 Å². The molecule has 0 aliphatic heterocycles.